The van der Waals surface area contributed by atoms with Gasteiger partial charge in [0.05, 0.1) is 11.3 Å². The molecular weight excluding hydrogens is 194 g/mol. The Morgan fingerprint density at radius 1 is 1.47 bits per heavy atom. The first-order valence-electron chi connectivity index (χ1n) is 4.70. The van der Waals surface area contributed by atoms with Crippen molar-refractivity contribution < 1.29 is 15.0 Å². The van der Waals surface area contributed by atoms with Crippen LogP contribution in [0.1, 0.15) is 42.9 Å². The Bertz CT molecular complexity index is 368. The van der Waals surface area contributed by atoms with Gasteiger partial charge >= 0.3 is 5.97 Å². The quantitative estimate of drug-likeness (QED) is 0.779. The van der Waals surface area contributed by atoms with Crippen LogP contribution < -0.4 is 0 Å². The number of aromatic nitrogens is 1. The third-order valence-electron chi connectivity index (χ3n) is 2.15. The molecule has 0 aliphatic carbocycles. The third kappa shape index (κ3) is 2.53. The van der Waals surface area contributed by atoms with Crippen molar-refractivity contribution in [3.05, 3.63) is 29.6 Å². The van der Waals surface area contributed by atoms with Crippen LogP contribution >= 0.6 is 0 Å². The van der Waals surface area contributed by atoms with Crippen LogP contribution in [0.3, 0.4) is 0 Å². The molecule has 2 N–H and O–H groups in total. The predicted octanol–water partition coefficient (Wildman–Crippen LogP) is 1.86. The van der Waals surface area contributed by atoms with Crippen molar-refractivity contribution in [1.29, 1.82) is 0 Å². The zero-order valence-corrected chi connectivity index (χ0v) is 9.06. The van der Waals surface area contributed by atoms with Crippen LogP contribution in [0.25, 0.3) is 0 Å². The minimum absolute atomic E-state index is 0.0555. The predicted molar refractivity (Wildman–Crippen MR) is 55.6 cm³/mol. The van der Waals surface area contributed by atoms with E-state index in [2.05, 4.69) is 4.98 Å². The van der Waals surface area contributed by atoms with E-state index in [1.807, 2.05) is 20.8 Å². The highest BCUT2D eigenvalue weighted by molar-refractivity contribution is 5.88. The number of aromatic carboxylic acids is 1. The summed E-state index contributed by atoms with van der Waals surface area (Å²) in [5.41, 5.74) is -0.157. The number of hydrogen-bond donors (Lipinski definition) is 2. The molecule has 0 spiro atoms. The second-order valence-corrected chi connectivity index (χ2v) is 4.51. The molecule has 1 aromatic heterocycles. The molecule has 0 aliphatic heterocycles. The van der Waals surface area contributed by atoms with Crippen LogP contribution in [0.5, 0.6) is 0 Å². The summed E-state index contributed by atoms with van der Waals surface area (Å²) in [5, 5.41) is 18.9. The first kappa shape index (κ1) is 11.7. The summed E-state index contributed by atoms with van der Waals surface area (Å²) in [6.45, 7) is 5.49. The SMILES string of the molecule is CC(C)(C)C(O)c1ncccc1C(=O)O. The molecule has 0 aliphatic rings. The van der Waals surface area contributed by atoms with E-state index in [0.717, 1.165) is 0 Å². The fraction of sp³-hybridized carbons (Fsp3) is 0.455. The maximum absolute atomic E-state index is 10.9. The van der Waals surface area contributed by atoms with E-state index in [9.17, 15) is 9.90 Å². The number of carboxylic acids is 1. The van der Waals surface area contributed by atoms with Gasteiger partial charge in [-0.25, -0.2) is 4.79 Å². The molecule has 0 saturated heterocycles. The minimum Gasteiger partial charge on any atom is -0.478 e. The number of carbonyl (C=O) groups is 1. The van der Waals surface area contributed by atoms with Gasteiger partial charge in [-0.3, -0.25) is 4.98 Å². The molecule has 0 aromatic carbocycles. The van der Waals surface area contributed by atoms with Gasteiger partial charge in [0, 0.05) is 6.20 Å². The third-order valence-corrected chi connectivity index (χ3v) is 2.15. The van der Waals surface area contributed by atoms with Gasteiger partial charge in [0.2, 0.25) is 0 Å². The van der Waals surface area contributed by atoms with E-state index in [4.69, 9.17) is 5.11 Å². The molecule has 0 amide bonds. The van der Waals surface area contributed by atoms with Gasteiger partial charge in [0.25, 0.3) is 0 Å². The lowest BCUT2D eigenvalue weighted by Gasteiger charge is -2.26. The zero-order valence-electron chi connectivity index (χ0n) is 9.06. The van der Waals surface area contributed by atoms with Crippen LogP contribution in [-0.2, 0) is 0 Å². The van der Waals surface area contributed by atoms with Crippen LogP contribution in [0.15, 0.2) is 18.3 Å². The second-order valence-electron chi connectivity index (χ2n) is 4.51. The highest BCUT2D eigenvalue weighted by atomic mass is 16.4. The van der Waals surface area contributed by atoms with Crippen molar-refractivity contribution >= 4 is 5.97 Å². The van der Waals surface area contributed by atoms with Gasteiger partial charge in [-0.15, -0.1) is 0 Å². The fourth-order valence-corrected chi connectivity index (χ4v) is 1.23. The largest absolute Gasteiger partial charge is 0.478 e. The summed E-state index contributed by atoms with van der Waals surface area (Å²) >= 11 is 0. The zero-order chi connectivity index (χ0) is 11.6. The van der Waals surface area contributed by atoms with Crippen molar-refractivity contribution in [2.24, 2.45) is 5.41 Å². The summed E-state index contributed by atoms with van der Waals surface area (Å²) in [7, 11) is 0. The molecule has 15 heavy (non-hydrogen) atoms. The van der Waals surface area contributed by atoms with Gasteiger partial charge in [0.15, 0.2) is 0 Å². The van der Waals surface area contributed by atoms with Gasteiger partial charge < -0.3 is 10.2 Å². The van der Waals surface area contributed by atoms with E-state index in [0.29, 0.717) is 0 Å². The average Bonchev–Trinajstić information content (AvgIpc) is 2.15. The molecule has 1 aromatic rings. The minimum atomic E-state index is -1.07. The molecule has 0 saturated carbocycles. The number of carboxylic acid groups (broad SMARTS) is 1. The Morgan fingerprint density at radius 3 is 2.53 bits per heavy atom. The summed E-state index contributed by atoms with van der Waals surface area (Å²) in [6, 6.07) is 2.99. The van der Waals surface area contributed by atoms with Gasteiger partial charge in [-0.2, -0.15) is 0 Å². The highest BCUT2D eigenvalue weighted by Crippen LogP contribution is 2.32. The monoisotopic (exact) mass is 209 g/mol. The van der Waals surface area contributed by atoms with Crippen molar-refractivity contribution in [2.45, 2.75) is 26.9 Å². The summed E-state index contributed by atoms with van der Waals surface area (Å²) in [6.07, 6.45) is 0.598. The second kappa shape index (κ2) is 3.98. The molecule has 82 valence electrons. The van der Waals surface area contributed by atoms with E-state index < -0.39 is 17.5 Å². The fourth-order valence-electron chi connectivity index (χ4n) is 1.23. The molecular formula is C11H15NO3. The molecule has 0 radical (unpaired) electrons. The van der Waals surface area contributed by atoms with Crippen LogP contribution in [0, 0.1) is 5.41 Å². The van der Waals surface area contributed by atoms with Crippen molar-refractivity contribution in [3.8, 4) is 0 Å². The molecule has 1 atom stereocenters. The molecule has 1 rings (SSSR count). The first-order chi connectivity index (χ1) is 6.84. The van der Waals surface area contributed by atoms with Gasteiger partial charge in [-0.05, 0) is 17.5 Å². The van der Waals surface area contributed by atoms with Gasteiger partial charge in [0.1, 0.15) is 6.10 Å². The summed E-state index contributed by atoms with van der Waals surface area (Å²) in [5.74, 6) is -1.07. The van der Waals surface area contributed by atoms with Crippen LogP contribution in [-0.4, -0.2) is 21.2 Å². The van der Waals surface area contributed by atoms with E-state index in [1.54, 1.807) is 6.07 Å². The van der Waals surface area contributed by atoms with Crippen LogP contribution in [0.2, 0.25) is 0 Å². The molecule has 1 heterocycles. The smallest absolute Gasteiger partial charge is 0.337 e. The van der Waals surface area contributed by atoms with Crippen molar-refractivity contribution in [3.63, 3.8) is 0 Å². The van der Waals surface area contributed by atoms with E-state index in [1.165, 1.54) is 12.3 Å². The normalized spacial score (nSPS) is 13.6. The first-order valence-corrected chi connectivity index (χ1v) is 4.70. The molecule has 4 heteroatoms. The van der Waals surface area contributed by atoms with E-state index in [-0.39, 0.29) is 11.3 Å². The van der Waals surface area contributed by atoms with Crippen molar-refractivity contribution in [1.82, 2.24) is 4.98 Å². The molecule has 1 unspecified atom stereocenters. The topological polar surface area (TPSA) is 70.4 Å². The lowest BCUT2D eigenvalue weighted by Crippen LogP contribution is -2.21. The number of hydrogen-bond acceptors (Lipinski definition) is 3. The van der Waals surface area contributed by atoms with Crippen LogP contribution in [0.4, 0.5) is 0 Å². The Hall–Kier alpha value is -1.42. The molecule has 4 nitrogen and oxygen atoms in total. The Balaban J connectivity index is 3.19. The number of pyridine rings is 1. The van der Waals surface area contributed by atoms with Crippen molar-refractivity contribution in [2.75, 3.05) is 0 Å². The lowest BCUT2D eigenvalue weighted by atomic mass is 9.85. The van der Waals surface area contributed by atoms with Gasteiger partial charge in [-0.1, -0.05) is 20.8 Å². The number of nitrogens with zero attached hydrogens (tertiary/aromatic N) is 1. The maximum atomic E-state index is 10.9. The standard InChI is InChI=1S/C11H15NO3/c1-11(2,3)9(13)8-7(10(14)15)5-4-6-12-8/h4-6,9,13H,1-3H3,(H,14,15). The van der Waals surface area contributed by atoms with E-state index >= 15 is 0 Å². The summed E-state index contributed by atoms with van der Waals surface area (Å²) < 4.78 is 0. The maximum Gasteiger partial charge on any atom is 0.337 e. The summed E-state index contributed by atoms with van der Waals surface area (Å²) in [4.78, 5) is 14.8. The Morgan fingerprint density at radius 2 is 2.07 bits per heavy atom. The average molecular weight is 209 g/mol. The molecule has 0 fully saturated rings. The number of aliphatic hydroxyl groups excluding tert-OH is 1. The highest BCUT2D eigenvalue weighted by Gasteiger charge is 2.28. The Kier molecular flexibility index (Phi) is 3.09. The lowest BCUT2D eigenvalue weighted by molar-refractivity contribution is 0.0537. The Labute approximate surface area is 88.6 Å². The number of rotatable bonds is 2. The number of aliphatic hydroxyl groups is 1. The molecule has 0 bridgehead atoms.